The van der Waals surface area contributed by atoms with E-state index in [4.69, 9.17) is 9.47 Å². The van der Waals surface area contributed by atoms with Crippen LogP contribution in [0.3, 0.4) is 0 Å². The molecule has 0 saturated heterocycles. The molecule has 2 aromatic carbocycles. The largest absolute Gasteiger partial charge is 0.493 e. The van der Waals surface area contributed by atoms with Crippen LogP contribution in [0, 0.1) is 41.5 Å². The monoisotopic (exact) mass is 372 g/mol. The van der Waals surface area contributed by atoms with Crippen molar-refractivity contribution >= 4 is 0 Å². The van der Waals surface area contributed by atoms with Crippen molar-refractivity contribution < 1.29 is 9.47 Å². The Hall–Kier alpha value is -1.96. The van der Waals surface area contributed by atoms with Crippen LogP contribution in [0.1, 0.15) is 67.5 Å². The molecule has 27 heavy (non-hydrogen) atoms. The van der Waals surface area contributed by atoms with Gasteiger partial charge in [0.05, 0.1) is 13.2 Å². The van der Waals surface area contributed by atoms with Crippen LogP contribution < -0.4 is 9.47 Å². The van der Waals surface area contributed by atoms with Crippen molar-refractivity contribution in [3.8, 4) is 11.5 Å². The SMILES string of the molecule is CC.CC.Cc1cc(C)c(OCCCOc2c(C)cc(C)cc2C)c(C)c1. The summed E-state index contributed by atoms with van der Waals surface area (Å²) in [6, 6.07) is 8.66. The molecule has 0 spiro atoms. The normalized spacial score (nSPS) is 9.56. The minimum Gasteiger partial charge on any atom is -0.493 e. The lowest BCUT2D eigenvalue weighted by Gasteiger charge is -2.15. The lowest BCUT2D eigenvalue weighted by Crippen LogP contribution is -2.08. The van der Waals surface area contributed by atoms with Crippen LogP contribution in [-0.2, 0) is 0 Å². The van der Waals surface area contributed by atoms with E-state index in [1.807, 2.05) is 27.7 Å². The number of hydrogen-bond donors (Lipinski definition) is 0. The van der Waals surface area contributed by atoms with E-state index in [0.717, 1.165) is 17.9 Å². The molecule has 0 aliphatic rings. The molecule has 2 heteroatoms. The third-order valence-electron chi connectivity index (χ3n) is 3.99. The van der Waals surface area contributed by atoms with E-state index in [9.17, 15) is 0 Å². The lowest BCUT2D eigenvalue weighted by molar-refractivity contribution is 0.244. The first kappa shape index (κ1) is 25.0. The molecular weight excluding hydrogens is 332 g/mol. The van der Waals surface area contributed by atoms with Gasteiger partial charge in [0.25, 0.3) is 0 Å². The van der Waals surface area contributed by atoms with Crippen LogP contribution in [0.15, 0.2) is 24.3 Å². The van der Waals surface area contributed by atoms with Gasteiger partial charge in [-0.15, -0.1) is 0 Å². The Morgan fingerprint density at radius 2 is 0.778 bits per heavy atom. The Morgan fingerprint density at radius 1 is 0.519 bits per heavy atom. The van der Waals surface area contributed by atoms with E-state index < -0.39 is 0 Å². The molecular formula is C25H40O2. The molecule has 0 saturated carbocycles. The van der Waals surface area contributed by atoms with Gasteiger partial charge in [-0.3, -0.25) is 0 Å². The molecule has 2 rings (SSSR count). The van der Waals surface area contributed by atoms with Gasteiger partial charge in [-0.05, 0) is 63.8 Å². The van der Waals surface area contributed by atoms with Crippen molar-refractivity contribution in [2.45, 2.75) is 75.7 Å². The summed E-state index contributed by atoms with van der Waals surface area (Å²) in [5, 5.41) is 0. The van der Waals surface area contributed by atoms with Gasteiger partial charge in [0.1, 0.15) is 11.5 Å². The summed E-state index contributed by atoms with van der Waals surface area (Å²) in [6.45, 7) is 22.0. The van der Waals surface area contributed by atoms with Crippen LogP contribution in [0.4, 0.5) is 0 Å². The van der Waals surface area contributed by atoms with Crippen LogP contribution in [0.5, 0.6) is 11.5 Å². The van der Waals surface area contributed by atoms with E-state index >= 15 is 0 Å². The number of benzene rings is 2. The molecule has 0 aromatic heterocycles. The van der Waals surface area contributed by atoms with Gasteiger partial charge >= 0.3 is 0 Å². The first-order chi connectivity index (χ1) is 12.9. The van der Waals surface area contributed by atoms with E-state index in [2.05, 4.69) is 65.8 Å². The van der Waals surface area contributed by atoms with Gasteiger partial charge in [-0.25, -0.2) is 0 Å². The number of aryl methyl sites for hydroxylation is 6. The summed E-state index contributed by atoms with van der Waals surface area (Å²) in [5.41, 5.74) is 7.37. The van der Waals surface area contributed by atoms with Gasteiger partial charge in [0, 0.05) is 6.42 Å². The van der Waals surface area contributed by atoms with E-state index in [1.54, 1.807) is 0 Å². The zero-order valence-electron chi connectivity index (χ0n) is 19.2. The Labute approximate surface area is 167 Å². The minimum absolute atomic E-state index is 0.675. The maximum absolute atomic E-state index is 5.96. The maximum atomic E-state index is 5.96. The predicted octanol–water partition coefficient (Wildman–Crippen LogP) is 7.44. The fourth-order valence-corrected chi connectivity index (χ4v) is 3.20. The number of rotatable bonds is 6. The van der Waals surface area contributed by atoms with Gasteiger partial charge in [0.15, 0.2) is 0 Å². The third kappa shape index (κ3) is 8.07. The Balaban J connectivity index is 0.00000158. The number of ether oxygens (including phenoxy) is 2. The summed E-state index contributed by atoms with van der Waals surface area (Å²) in [6.07, 6.45) is 0.875. The van der Waals surface area contributed by atoms with Crippen LogP contribution >= 0.6 is 0 Å². The summed E-state index contributed by atoms with van der Waals surface area (Å²) in [4.78, 5) is 0. The molecule has 0 aliphatic carbocycles. The predicted molar refractivity (Wildman–Crippen MR) is 120 cm³/mol. The second-order valence-electron chi connectivity index (χ2n) is 6.51. The highest BCUT2D eigenvalue weighted by molar-refractivity contribution is 5.43. The standard InChI is InChI=1S/C21H28O2.2C2H6/c1-14-10-16(3)20(17(4)11-14)22-8-7-9-23-21-18(5)12-15(2)13-19(21)6;2*1-2/h10-13H,7-9H2,1-6H3;2*1-2H3. The van der Waals surface area contributed by atoms with Gasteiger partial charge in [0.2, 0.25) is 0 Å². The minimum atomic E-state index is 0.675. The molecule has 2 nitrogen and oxygen atoms in total. The molecule has 0 amide bonds. The van der Waals surface area contributed by atoms with Crippen molar-refractivity contribution in [3.05, 3.63) is 57.6 Å². The average molecular weight is 373 g/mol. The molecule has 0 fully saturated rings. The first-order valence-electron chi connectivity index (χ1n) is 10.3. The van der Waals surface area contributed by atoms with E-state index in [-0.39, 0.29) is 0 Å². The zero-order chi connectivity index (χ0) is 21.0. The topological polar surface area (TPSA) is 18.5 Å². The molecule has 0 radical (unpaired) electrons. The Bertz CT molecular complexity index is 581. The van der Waals surface area contributed by atoms with Crippen molar-refractivity contribution in [2.75, 3.05) is 13.2 Å². The lowest BCUT2D eigenvalue weighted by atomic mass is 10.1. The molecule has 152 valence electrons. The van der Waals surface area contributed by atoms with E-state index in [0.29, 0.717) is 13.2 Å². The second kappa shape index (κ2) is 13.2. The smallest absolute Gasteiger partial charge is 0.125 e. The molecule has 0 aliphatic heterocycles. The Morgan fingerprint density at radius 3 is 1.04 bits per heavy atom. The molecule has 0 bridgehead atoms. The zero-order valence-corrected chi connectivity index (χ0v) is 19.2. The molecule has 0 atom stereocenters. The highest BCUT2D eigenvalue weighted by Gasteiger charge is 2.07. The van der Waals surface area contributed by atoms with Crippen molar-refractivity contribution in [3.63, 3.8) is 0 Å². The number of hydrogen-bond acceptors (Lipinski definition) is 2. The highest BCUT2D eigenvalue weighted by Crippen LogP contribution is 2.26. The first-order valence-corrected chi connectivity index (χ1v) is 10.3. The molecule has 0 heterocycles. The van der Waals surface area contributed by atoms with Gasteiger partial charge in [-0.2, -0.15) is 0 Å². The molecule has 0 N–H and O–H groups in total. The third-order valence-corrected chi connectivity index (χ3v) is 3.99. The van der Waals surface area contributed by atoms with Crippen molar-refractivity contribution in [1.82, 2.24) is 0 Å². The summed E-state index contributed by atoms with van der Waals surface area (Å²) >= 11 is 0. The fourth-order valence-electron chi connectivity index (χ4n) is 3.20. The van der Waals surface area contributed by atoms with Crippen LogP contribution in [-0.4, -0.2) is 13.2 Å². The van der Waals surface area contributed by atoms with Crippen LogP contribution in [0.25, 0.3) is 0 Å². The fraction of sp³-hybridized carbons (Fsp3) is 0.520. The second-order valence-corrected chi connectivity index (χ2v) is 6.51. The summed E-state index contributed by atoms with van der Waals surface area (Å²) in [7, 11) is 0. The van der Waals surface area contributed by atoms with Gasteiger partial charge in [-0.1, -0.05) is 63.1 Å². The van der Waals surface area contributed by atoms with Crippen molar-refractivity contribution in [1.29, 1.82) is 0 Å². The maximum Gasteiger partial charge on any atom is 0.125 e. The van der Waals surface area contributed by atoms with Gasteiger partial charge < -0.3 is 9.47 Å². The summed E-state index contributed by atoms with van der Waals surface area (Å²) < 4.78 is 11.9. The Kier molecular flexibility index (Phi) is 12.3. The van der Waals surface area contributed by atoms with Crippen LogP contribution in [0.2, 0.25) is 0 Å². The van der Waals surface area contributed by atoms with E-state index in [1.165, 1.54) is 33.4 Å². The van der Waals surface area contributed by atoms with Crippen molar-refractivity contribution in [2.24, 2.45) is 0 Å². The highest BCUT2D eigenvalue weighted by atomic mass is 16.5. The quantitative estimate of drug-likeness (QED) is 0.491. The average Bonchev–Trinajstić information content (AvgIpc) is 2.61. The molecule has 2 aromatic rings. The molecule has 0 unspecified atom stereocenters. The summed E-state index contributed by atoms with van der Waals surface area (Å²) in [5.74, 6) is 2.02.